The maximum Gasteiger partial charge on any atom is 0.291 e. The van der Waals surface area contributed by atoms with Crippen molar-refractivity contribution < 1.29 is 18.7 Å². The summed E-state index contributed by atoms with van der Waals surface area (Å²) in [5.74, 6) is 1.20. The molecule has 1 N–H and O–H groups in total. The number of carbonyl (C=O) groups excluding carboxylic acids is 1. The smallest absolute Gasteiger partial charge is 0.291 e. The van der Waals surface area contributed by atoms with Crippen LogP contribution in [0.3, 0.4) is 0 Å². The predicted octanol–water partition coefficient (Wildman–Crippen LogP) is 5.34. The summed E-state index contributed by atoms with van der Waals surface area (Å²) in [5, 5.41) is 2.85. The third-order valence-corrected chi connectivity index (χ3v) is 4.98. The van der Waals surface area contributed by atoms with Gasteiger partial charge in [-0.05, 0) is 42.5 Å². The number of ether oxygens (including phenoxy) is 2. The van der Waals surface area contributed by atoms with Gasteiger partial charge in [0, 0.05) is 29.7 Å². The van der Waals surface area contributed by atoms with E-state index in [9.17, 15) is 4.79 Å². The number of rotatable bonds is 8. The van der Waals surface area contributed by atoms with Gasteiger partial charge in [-0.1, -0.05) is 30.3 Å². The van der Waals surface area contributed by atoms with Crippen LogP contribution in [0.1, 0.15) is 21.8 Å². The zero-order valence-electron chi connectivity index (χ0n) is 17.7. The Morgan fingerprint density at radius 2 is 1.73 bits per heavy atom. The number of para-hydroxylation sites is 1. The lowest BCUT2D eigenvalue weighted by molar-refractivity contribution is 0.0993. The number of nitrogens with zero attached hydrogens (tertiary/aromatic N) is 2. The Balaban J connectivity index is 1.21. The van der Waals surface area contributed by atoms with E-state index in [1.807, 2.05) is 77.5 Å². The summed E-state index contributed by atoms with van der Waals surface area (Å²) < 4.78 is 19.0. The van der Waals surface area contributed by atoms with Crippen LogP contribution in [-0.2, 0) is 13.2 Å². The second-order valence-electron chi connectivity index (χ2n) is 7.35. The number of nitrogens with one attached hydrogen (secondary N) is 1. The van der Waals surface area contributed by atoms with Crippen LogP contribution in [0.15, 0.2) is 102 Å². The first-order chi connectivity index (χ1) is 16.2. The molecular formula is C26H21N3O4. The summed E-state index contributed by atoms with van der Waals surface area (Å²) in [4.78, 5) is 17.3. The van der Waals surface area contributed by atoms with Gasteiger partial charge >= 0.3 is 0 Å². The Labute approximate surface area is 190 Å². The number of benzene rings is 2. The van der Waals surface area contributed by atoms with Gasteiger partial charge in [0.2, 0.25) is 0 Å². The summed E-state index contributed by atoms with van der Waals surface area (Å²) in [6, 6.07) is 24.2. The number of hydrogen-bond donors (Lipinski definition) is 1. The zero-order valence-corrected chi connectivity index (χ0v) is 17.7. The molecule has 7 nitrogen and oxygen atoms in total. The zero-order chi connectivity index (χ0) is 22.5. The Bertz CT molecular complexity index is 1340. The molecule has 0 bridgehead atoms. The highest BCUT2D eigenvalue weighted by Crippen LogP contribution is 2.21. The van der Waals surface area contributed by atoms with Crippen molar-refractivity contribution in [2.24, 2.45) is 0 Å². The molecule has 0 radical (unpaired) electrons. The summed E-state index contributed by atoms with van der Waals surface area (Å²) in [5.41, 5.74) is 2.94. The SMILES string of the molecule is O=C(Nc1cccc(OCc2cn3ccccc3n2)c1)c1occc1COc1ccccc1. The molecule has 164 valence electrons. The van der Waals surface area contributed by atoms with Crippen LogP contribution >= 0.6 is 0 Å². The van der Waals surface area contributed by atoms with Crippen LogP contribution in [0.5, 0.6) is 11.5 Å². The first-order valence-corrected chi connectivity index (χ1v) is 10.5. The fourth-order valence-corrected chi connectivity index (χ4v) is 3.39. The summed E-state index contributed by atoms with van der Waals surface area (Å²) >= 11 is 0. The van der Waals surface area contributed by atoms with Crippen molar-refractivity contribution >= 4 is 17.2 Å². The van der Waals surface area contributed by atoms with Gasteiger partial charge in [0.25, 0.3) is 5.91 Å². The number of pyridine rings is 1. The number of imidazole rings is 1. The van der Waals surface area contributed by atoms with Gasteiger partial charge in [0.1, 0.15) is 30.4 Å². The lowest BCUT2D eigenvalue weighted by atomic mass is 10.2. The van der Waals surface area contributed by atoms with E-state index in [2.05, 4.69) is 10.3 Å². The molecule has 3 heterocycles. The Morgan fingerprint density at radius 3 is 2.61 bits per heavy atom. The van der Waals surface area contributed by atoms with E-state index in [1.54, 1.807) is 18.2 Å². The molecule has 0 spiro atoms. The van der Waals surface area contributed by atoms with E-state index in [0.29, 0.717) is 23.6 Å². The topological polar surface area (TPSA) is 78.0 Å². The van der Waals surface area contributed by atoms with Crippen molar-refractivity contribution in [1.29, 1.82) is 0 Å². The first kappa shape index (κ1) is 20.4. The van der Waals surface area contributed by atoms with Crippen LogP contribution in [-0.4, -0.2) is 15.3 Å². The van der Waals surface area contributed by atoms with E-state index in [4.69, 9.17) is 13.9 Å². The molecular weight excluding hydrogens is 418 g/mol. The maximum atomic E-state index is 12.8. The van der Waals surface area contributed by atoms with Crippen molar-refractivity contribution in [3.63, 3.8) is 0 Å². The second kappa shape index (κ2) is 9.32. The largest absolute Gasteiger partial charge is 0.489 e. The fourth-order valence-electron chi connectivity index (χ4n) is 3.39. The molecule has 0 atom stereocenters. The molecule has 0 aliphatic carbocycles. The van der Waals surface area contributed by atoms with E-state index < -0.39 is 0 Å². The molecule has 0 saturated carbocycles. The van der Waals surface area contributed by atoms with Crippen LogP contribution in [0.4, 0.5) is 5.69 Å². The van der Waals surface area contributed by atoms with Gasteiger partial charge in [-0.25, -0.2) is 4.98 Å². The van der Waals surface area contributed by atoms with Gasteiger partial charge in [0.15, 0.2) is 5.76 Å². The quantitative estimate of drug-likeness (QED) is 0.353. The highest BCUT2D eigenvalue weighted by Gasteiger charge is 2.16. The van der Waals surface area contributed by atoms with Crippen molar-refractivity contribution in [2.45, 2.75) is 13.2 Å². The van der Waals surface area contributed by atoms with E-state index in [0.717, 1.165) is 17.1 Å². The average Bonchev–Trinajstić information content (AvgIpc) is 3.49. The van der Waals surface area contributed by atoms with E-state index in [-0.39, 0.29) is 18.3 Å². The van der Waals surface area contributed by atoms with Crippen LogP contribution in [0, 0.1) is 0 Å². The van der Waals surface area contributed by atoms with Gasteiger partial charge in [-0.15, -0.1) is 0 Å². The lowest BCUT2D eigenvalue weighted by Crippen LogP contribution is -2.13. The first-order valence-electron chi connectivity index (χ1n) is 10.5. The van der Waals surface area contributed by atoms with Crippen molar-refractivity contribution in [2.75, 3.05) is 5.32 Å². The standard InChI is InChI=1S/C26H21N3O4/c30-26(25-19(12-14-31-25)17-32-22-8-2-1-3-9-22)28-20-7-6-10-23(15-20)33-18-21-16-29-13-5-4-11-24(29)27-21/h1-16H,17-18H2,(H,28,30). The normalized spacial score (nSPS) is 10.8. The van der Waals surface area contributed by atoms with Gasteiger partial charge in [0.05, 0.1) is 12.0 Å². The minimum Gasteiger partial charge on any atom is -0.489 e. The number of fused-ring (bicyclic) bond motifs is 1. The molecule has 0 saturated heterocycles. The minimum absolute atomic E-state index is 0.210. The molecule has 5 rings (SSSR count). The van der Waals surface area contributed by atoms with Gasteiger partial charge < -0.3 is 23.6 Å². The summed E-state index contributed by atoms with van der Waals surface area (Å²) in [6.07, 6.45) is 5.35. The van der Waals surface area contributed by atoms with Crippen LogP contribution < -0.4 is 14.8 Å². The second-order valence-corrected chi connectivity index (χ2v) is 7.35. The summed E-state index contributed by atoms with van der Waals surface area (Å²) in [7, 11) is 0. The van der Waals surface area contributed by atoms with E-state index >= 15 is 0 Å². The highest BCUT2D eigenvalue weighted by atomic mass is 16.5. The molecule has 5 aromatic rings. The number of hydrogen-bond acceptors (Lipinski definition) is 5. The van der Waals surface area contributed by atoms with Gasteiger partial charge in [-0.2, -0.15) is 0 Å². The van der Waals surface area contributed by atoms with Crippen LogP contribution in [0.25, 0.3) is 5.65 Å². The van der Waals surface area contributed by atoms with E-state index in [1.165, 1.54) is 6.26 Å². The highest BCUT2D eigenvalue weighted by molar-refractivity contribution is 6.03. The van der Waals surface area contributed by atoms with Gasteiger partial charge in [-0.3, -0.25) is 4.79 Å². The number of aromatic nitrogens is 2. The summed E-state index contributed by atoms with van der Waals surface area (Å²) in [6.45, 7) is 0.545. The van der Waals surface area contributed by atoms with Crippen LogP contribution in [0.2, 0.25) is 0 Å². The minimum atomic E-state index is -0.357. The molecule has 2 aromatic carbocycles. The van der Waals surface area contributed by atoms with Crippen molar-refractivity contribution in [3.05, 3.63) is 115 Å². The third kappa shape index (κ3) is 4.88. The lowest BCUT2D eigenvalue weighted by Gasteiger charge is -2.09. The number of anilines is 1. The molecule has 0 aliphatic rings. The molecule has 0 aliphatic heterocycles. The Kier molecular flexibility index (Phi) is 5.75. The molecule has 33 heavy (non-hydrogen) atoms. The van der Waals surface area contributed by atoms with Crippen molar-refractivity contribution in [3.8, 4) is 11.5 Å². The maximum absolute atomic E-state index is 12.8. The Hall–Kier alpha value is -4.52. The monoisotopic (exact) mass is 439 g/mol. The number of furan rings is 1. The van der Waals surface area contributed by atoms with Crippen molar-refractivity contribution in [1.82, 2.24) is 9.38 Å². The molecule has 7 heteroatoms. The number of amides is 1. The molecule has 3 aromatic heterocycles. The third-order valence-electron chi connectivity index (χ3n) is 4.98. The molecule has 0 fully saturated rings. The number of carbonyl (C=O) groups is 1. The molecule has 1 amide bonds. The average molecular weight is 439 g/mol. The Morgan fingerprint density at radius 1 is 0.909 bits per heavy atom. The fraction of sp³-hybridized carbons (Fsp3) is 0.0769. The predicted molar refractivity (Wildman–Crippen MR) is 123 cm³/mol. The molecule has 0 unspecified atom stereocenters.